The van der Waals surface area contributed by atoms with Gasteiger partial charge in [-0.25, -0.2) is 4.98 Å². The number of ketones is 1. The number of nitriles is 1. The van der Waals surface area contributed by atoms with Gasteiger partial charge in [0.1, 0.15) is 24.1 Å². The fraction of sp³-hybridized carbons (Fsp3) is 0.235. The molecule has 0 bridgehead atoms. The topological polar surface area (TPSA) is 63.0 Å². The predicted octanol–water partition coefficient (Wildman–Crippen LogP) is 3.05. The highest BCUT2D eigenvalue weighted by molar-refractivity contribution is 5.98. The first kappa shape index (κ1) is 13.3. The van der Waals surface area contributed by atoms with Crippen LogP contribution in [-0.2, 0) is 13.0 Å². The zero-order valence-electron chi connectivity index (χ0n) is 11.5. The molecular weight excluding hydrogens is 264 g/mol. The van der Waals surface area contributed by atoms with Gasteiger partial charge in [-0.15, -0.1) is 0 Å². The van der Waals surface area contributed by atoms with Crippen LogP contribution in [0.2, 0.25) is 0 Å². The number of aryl methyl sites for hydroxylation is 1. The van der Waals surface area contributed by atoms with E-state index in [0.717, 1.165) is 35.3 Å². The molecule has 21 heavy (non-hydrogen) atoms. The number of nitrogens with zero attached hydrogens (tertiary/aromatic N) is 2. The summed E-state index contributed by atoms with van der Waals surface area (Å²) in [5.41, 5.74) is 3.00. The molecule has 0 fully saturated rings. The molecule has 1 aliphatic carbocycles. The number of aromatic nitrogens is 1. The van der Waals surface area contributed by atoms with Crippen LogP contribution >= 0.6 is 0 Å². The molecule has 1 aromatic heterocycles. The lowest BCUT2D eigenvalue weighted by Gasteiger charge is -2.16. The first-order chi connectivity index (χ1) is 10.3. The number of Topliss-reactive ketones (excluding diaryl/α,β-unsaturated/α-hetero) is 1. The summed E-state index contributed by atoms with van der Waals surface area (Å²) >= 11 is 0. The van der Waals surface area contributed by atoms with E-state index in [4.69, 9.17) is 10.00 Å². The van der Waals surface area contributed by atoms with Gasteiger partial charge < -0.3 is 4.74 Å². The standard InChI is InChI=1S/C17H14N2O2/c18-10-16-13(4-2-8-19-16)11-21-14-6-7-15-12(9-14)3-1-5-17(15)20/h2,4,6-9H,1,3,5,11H2. The third kappa shape index (κ3) is 2.77. The van der Waals surface area contributed by atoms with Crippen molar-refractivity contribution in [1.29, 1.82) is 5.26 Å². The summed E-state index contributed by atoms with van der Waals surface area (Å²) in [4.78, 5) is 15.8. The zero-order chi connectivity index (χ0) is 14.7. The normalized spacial score (nSPS) is 13.4. The SMILES string of the molecule is N#Cc1ncccc1COc1ccc2c(c1)CCCC2=O. The summed E-state index contributed by atoms with van der Waals surface area (Å²) in [6.07, 6.45) is 4.03. The van der Waals surface area contributed by atoms with Crippen molar-refractivity contribution in [3.63, 3.8) is 0 Å². The summed E-state index contributed by atoms with van der Waals surface area (Å²) < 4.78 is 5.73. The molecule has 1 aliphatic rings. The van der Waals surface area contributed by atoms with E-state index in [1.165, 1.54) is 0 Å². The van der Waals surface area contributed by atoms with Gasteiger partial charge in [-0.3, -0.25) is 4.79 Å². The zero-order valence-corrected chi connectivity index (χ0v) is 11.5. The van der Waals surface area contributed by atoms with Gasteiger partial charge in [-0.1, -0.05) is 6.07 Å². The molecular formula is C17H14N2O2. The third-order valence-electron chi connectivity index (χ3n) is 3.62. The Labute approximate surface area is 123 Å². The largest absolute Gasteiger partial charge is 0.489 e. The minimum Gasteiger partial charge on any atom is -0.489 e. The number of hydrogen-bond acceptors (Lipinski definition) is 4. The monoisotopic (exact) mass is 278 g/mol. The fourth-order valence-corrected chi connectivity index (χ4v) is 2.53. The quantitative estimate of drug-likeness (QED) is 0.865. The Balaban J connectivity index is 1.77. The van der Waals surface area contributed by atoms with Crippen molar-refractivity contribution in [2.45, 2.75) is 25.9 Å². The number of ether oxygens (including phenoxy) is 1. The summed E-state index contributed by atoms with van der Waals surface area (Å²) in [6.45, 7) is 0.295. The van der Waals surface area contributed by atoms with E-state index in [1.54, 1.807) is 12.3 Å². The van der Waals surface area contributed by atoms with Crippen molar-refractivity contribution in [3.8, 4) is 11.8 Å². The average Bonchev–Trinajstić information content (AvgIpc) is 2.53. The van der Waals surface area contributed by atoms with E-state index < -0.39 is 0 Å². The Kier molecular flexibility index (Phi) is 3.65. The van der Waals surface area contributed by atoms with Crippen LogP contribution in [0.4, 0.5) is 0 Å². The third-order valence-corrected chi connectivity index (χ3v) is 3.62. The first-order valence-electron chi connectivity index (χ1n) is 6.91. The van der Waals surface area contributed by atoms with E-state index >= 15 is 0 Å². The maximum absolute atomic E-state index is 11.8. The molecule has 0 spiro atoms. The summed E-state index contributed by atoms with van der Waals surface area (Å²) in [6, 6.07) is 11.2. The maximum Gasteiger partial charge on any atom is 0.163 e. The Morgan fingerprint density at radius 3 is 3.05 bits per heavy atom. The van der Waals surface area contributed by atoms with Crippen LogP contribution in [0.15, 0.2) is 36.5 Å². The van der Waals surface area contributed by atoms with Crippen LogP contribution in [0.1, 0.15) is 40.0 Å². The lowest BCUT2D eigenvalue weighted by Crippen LogP contribution is -2.10. The molecule has 1 aromatic carbocycles. The van der Waals surface area contributed by atoms with Crippen molar-refractivity contribution in [1.82, 2.24) is 4.98 Å². The highest BCUT2D eigenvalue weighted by Gasteiger charge is 2.17. The Morgan fingerprint density at radius 2 is 2.19 bits per heavy atom. The van der Waals surface area contributed by atoms with Gasteiger partial charge >= 0.3 is 0 Å². The molecule has 0 radical (unpaired) electrons. The van der Waals surface area contributed by atoms with Crippen molar-refractivity contribution >= 4 is 5.78 Å². The van der Waals surface area contributed by atoms with Crippen LogP contribution in [-0.4, -0.2) is 10.8 Å². The maximum atomic E-state index is 11.8. The predicted molar refractivity (Wildman–Crippen MR) is 77.0 cm³/mol. The van der Waals surface area contributed by atoms with Crippen molar-refractivity contribution < 1.29 is 9.53 Å². The molecule has 0 aliphatic heterocycles. The number of pyridine rings is 1. The molecule has 4 heteroatoms. The second-order valence-electron chi connectivity index (χ2n) is 5.01. The second kappa shape index (κ2) is 5.76. The number of carbonyl (C=O) groups excluding carboxylic acids is 1. The van der Waals surface area contributed by atoms with Crippen molar-refractivity contribution in [3.05, 3.63) is 58.9 Å². The summed E-state index contributed by atoms with van der Waals surface area (Å²) in [5.74, 6) is 0.929. The smallest absolute Gasteiger partial charge is 0.163 e. The fourth-order valence-electron chi connectivity index (χ4n) is 2.53. The van der Waals surface area contributed by atoms with E-state index in [9.17, 15) is 4.79 Å². The Morgan fingerprint density at radius 1 is 1.29 bits per heavy atom. The van der Waals surface area contributed by atoms with Gasteiger partial charge in [0.05, 0.1) is 0 Å². The van der Waals surface area contributed by atoms with Crippen LogP contribution in [0.25, 0.3) is 0 Å². The minimum absolute atomic E-state index is 0.210. The molecule has 3 rings (SSSR count). The van der Waals surface area contributed by atoms with Gasteiger partial charge in [0.25, 0.3) is 0 Å². The van der Waals surface area contributed by atoms with Crippen LogP contribution in [0, 0.1) is 11.3 Å². The van der Waals surface area contributed by atoms with Crippen molar-refractivity contribution in [2.75, 3.05) is 0 Å². The number of carbonyl (C=O) groups is 1. The molecule has 0 saturated heterocycles. The molecule has 0 atom stereocenters. The molecule has 4 nitrogen and oxygen atoms in total. The molecule has 0 N–H and O–H groups in total. The lowest BCUT2D eigenvalue weighted by atomic mass is 9.90. The van der Waals surface area contributed by atoms with Gasteiger partial charge in [0.2, 0.25) is 0 Å². The number of hydrogen-bond donors (Lipinski definition) is 0. The van der Waals surface area contributed by atoms with Gasteiger partial charge in [-0.2, -0.15) is 5.26 Å². The van der Waals surface area contributed by atoms with Crippen LogP contribution < -0.4 is 4.74 Å². The van der Waals surface area contributed by atoms with E-state index in [1.807, 2.05) is 24.3 Å². The average molecular weight is 278 g/mol. The minimum atomic E-state index is 0.210. The number of rotatable bonds is 3. The molecule has 2 aromatic rings. The molecule has 0 unspecified atom stereocenters. The van der Waals surface area contributed by atoms with E-state index in [2.05, 4.69) is 11.1 Å². The molecule has 0 saturated carbocycles. The Bertz CT molecular complexity index is 732. The summed E-state index contributed by atoms with van der Waals surface area (Å²) in [5, 5.41) is 9.00. The molecule has 1 heterocycles. The number of fused-ring (bicyclic) bond motifs is 1. The van der Waals surface area contributed by atoms with Gasteiger partial charge in [0, 0.05) is 23.7 Å². The van der Waals surface area contributed by atoms with Crippen LogP contribution in [0.3, 0.4) is 0 Å². The Hall–Kier alpha value is -2.67. The second-order valence-corrected chi connectivity index (χ2v) is 5.01. The highest BCUT2D eigenvalue weighted by atomic mass is 16.5. The van der Waals surface area contributed by atoms with Gasteiger partial charge in [0.15, 0.2) is 5.78 Å². The van der Waals surface area contributed by atoms with Crippen molar-refractivity contribution in [2.24, 2.45) is 0 Å². The van der Waals surface area contributed by atoms with Crippen LogP contribution in [0.5, 0.6) is 5.75 Å². The highest BCUT2D eigenvalue weighted by Crippen LogP contribution is 2.26. The molecule has 104 valence electrons. The van der Waals surface area contributed by atoms with Gasteiger partial charge in [-0.05, 0) is 42.7 Å². The number of benzene rings is 1. The lowest BCUT2D eigenvalue weighted by molar-refractivity contribution is 0.0972. The first-order valence-corrected chi connectivity index (χ1v) is 6.91. The molecule has 0 amide bonds. The van der Waals surface area contributed by atoms with E-state index in [0.29, 0.717) is 18.7 Å². The van der Waals surface area contributed by atoms with E-state index in [-0.39, 0.29) is 5.78 Å². The summed E-state index contributed by atoms with van der Waals surface area (Å²) in [7, 11) is 0.